The molecule has 1 aromatic carbocycles. The zero-order valence-electron chi connectivity index (χ0n) is 11.2. The van der Waals surface area contributed by atoms with Crippen LogP contribution in [0.4, 0.5) is 4.39 Å². The van der Waals surface area contributed by atoms with Crippen molar-refractivity contribution in [2.24, 2.45) is 0 Å². The second kappa shape index (κ2) is 5.62. The zero-order valence-corrected chi connectivity index (χ0v) is 12.8. The quantitative estimate of drug-likeness (QED) is 0.875. The monoisotopic (exact) mass is 345 g/mol. The molecule has 3 rings (SSSR count). The fraction of sp³-hybridized carbons (Fsp3) is 0.308. The molecule has 1 fully saturated rings. The van der Waals surface area contributed by atoms with Crippen LogP contribution >= 0.6 is 11.6 Å². The van der Waals surface area contributed by atoms with Crippen LogP contribution in [-0.4, -0.2) is 35.5 Å². The van der Waals surface area contributed by atoms with Crippen LogP contribution in [0.5, 0.6) is 0 Å². The minimum atomic E-state index is -3.92. The minimum absolute atomic E-state index is 0.192. The third kappa shape index (κ3) is 2.74. The van der Waals surface area contributed by atoms with Gasteiger partial charge in [0.25, 0.3) is 0 Å². The van der Waals surface area contributed by atoms with Crippen molar-refractivity contribution in [3.05, 3.63) is 47.5 Å². The van der Waals surface area contributed by atoms with Gasteiger partial charge in [0.05, 0.1) is 17.2 Å². The van der Waals surface area contributed by atoms with E-state index in [2.05, 4.69) is 9.82 Å². The van der Waals surface area contributed by atoms with E-state index < -0.39 is 34.0 Å². The van der Waals surface area contributed by atoms with Crippen LogP contribution in [0.3, 0.4) is 0 Å². The van der Waals surface area contributed by atoms with E-state index in [1.54, 1.807) is 18.5 Å². The van der Waals surface area contributed by atoms with Crippen molar-refractivity contribution < 1.29 is 17.9 Å². The average Bonchev–Trinajstić information content (AvgIpc) is 2.90. The number of halogens is 2. The highest BCUT2D eigenvalue weighted by Crippen LogP contribution is 2.34. The summed E-state index contributed by atoms with van der Waals surface area (Å²) in [4.78, 5) is -0.198. The first-order valence-corrected chi connectivity index (χ1v) is 8.39. The number of aliphatic hydroxyl groups is 1. The van der Waals surface area contributed by atoms with Crippen molar-refractivity contribution in [3.8, 4) is 0 Å². The lowest BCUT2D eigenvalue weighted by molar-refractivity contribution is 0.000541. The van der Waals surface area contributed by atoms with Gasteiger partial charge in [0.1, 0.15) is 10.7 Å². The van der Waals surface area contributed by atoms with Gasteiger partial charge < -0.3 is 5.11 Å². The lowest BCUT2D eigenvalue weighted by Crippen LogP contribution is -2.56. The van der Waals surface area contributed by atoms with Crippen molar-refractivity contribution in [2.45, 2.75) is 29.5 Å². The van der Waals surface area contributed by atoms with Crippen molar-refractivity contribution in [2.75, 3.05) is 0 Å². The third-order valence-corrected chi connectivity index (χ3v) is 5.60. The van der Waals surface area contributed by atoms with E-state index in [0.29, 0.717) is 0 Å². The smallest absolute Gasteiger partial charge is 0.242 e. The van der Waals surface area contributed by atoms with E-state index >= 15 is 0 Å². The van der Waals surface area contributed by atoms with Crippen LogP contribution < -0.4 is 4.72 Å². The summed E-state index contributed by atoms with van der Waals surface area (Å²) < 4.78 is 41.7. The fourth-order valence-corrected chi connectivity index (χ4v) is 4.30. The topological polar surface area (TPSA) is 84.2 Å². The van der Waals surface area contributed by atoms with Gasteiger partial charge in [-0.3, -0.25) is 4.68 Å². The van der Waals surface area contributed by atoms with Gasteiger partial charge in [0.15, 0.2) is 0 Å². The number of sulfonamides is 1. The van der Waals surface area contributed by atoms with Crippen molar-refractivity contribution in [3.63, 3.8) is 0 Å². The molecule has 0 spiro atoms. The number of hydrogen-bond donors (Lipinski definition) is 2. The summed E-state index contributed by atoms with van der Waals surface area (Å²) in [7, 11) is -3.92. The van der Waals surface area contributed by atoms with Crippen LogP contribution in [0, 0.1) is 5.82 Å². The molecule has 0 amide bonds. The lowest BCUT2D eigenvalue weighted by atomic mass is 9.84. The maximum Gasteiger partial charge on any atom is 0.242 e. The third-order valence-electron chi connectivity index (χ3n) is 3.62. The van der Waals surface area contributed by atoms with E-state index in [1.165, 1.54) is 4.68 Å². The second-order valence-corrected chi connectivity index (χ2v) is 7.17. The molecule has 1 aromatic heterocycles. The number of rotatable bonds is 4. The maximum absolute atomic E-state index is 13.0. The minimum Gasteiger partial charge on any atom is -0.391 e. The van der Waals surface area contributed by atoms with Gasteiger partial charge in [-0.2, -0.15) is 5.10 Å². The summed E-state index contributed by atoms with van der Waals surface area (Å²) in [5.74, 6) is -0.613. The molecule has 3 atom stereocenters. The summed E-state index contributed by atoms with van der Waals surface area (Å²) in [6.45, 7) is 0. The molecular weight excluding hydrogens is 333 g/mol. The summed E-state index contributed by atoms with van der Waals surface area (Å²) in [5.41, 5.74) is 0. The lowest BCUT2D eigenvalue weighted by Gasteiger charge is -2.41. The van der Waals surface area contributed by atoms with Crippen LogP contribution in [0.15, 0.2) is 41.6 Å². The molecule has 0 bridgehead atoms. The zero-order chi connectivity index (χ0) is 15.9. The Bertz CT molecular complexity index is 782. The first kappa shape index (κ1) is 15.4. The predicted octanol–water partition coefficient (Wildman–Crippen LogP) is 1.33. The number of nitrogens with zero attached hydrogens (tertiary/aromatic N) is 2. The van der Waals surface area contributed by atoms with Gasteiger partial charge in [0, 0.05) is 18.4 Å². The van der Waals surface area contributed by atoms with Gasteiger partial charge >= 0.3 is 0 Å². The van der Waals surface area contributed by atoms with Crippen LogP contribution in [-0.2, 0) is 10.0 Å². The normalized spacial score (nSPS) is 25.0. The Morgan fingerprint density at radius 2 is 2.23 bits per heavy atom. The first-order valence-electron chi connectivity index (χ1n) is 6.53. The Morgan fingerprint density at radius 3 is 2.82 bits per heavy atom. The molecule has 9 heteroatoms. The number of aliphatic hydroxyl groups excluding tert-OH is 1. The highest BCUT2D eigenvalue weighted by atomic mass is 35.5. The molecule has 1 saturated carbocycles. The largest absolute Gasteiger partial charge is 0.391 e. The molecule has 2 N–H and O–H groups in total. The van der Waals surface area contributed by atoms with Gasteiger partial charge in [-0.15, -0.1) is 0 Å². The van der Waals surface area contributed by atoms with E-state index in [9.17, 15) is 17.9 Å². The van der Waals surface area contributed by atoms with Gasteiger partial charge in [-0.25, -0.2) is 17.5 Å². The highest BCUT2D eigenvalue weighted by Gasteiger charge is 2.44. The molecule has 0 saturated heterocycles. The highest BCUT2D eigenvalue weighted by molar-refractivity contribution is 7.89. The fourth-order valence-electron chi connectivity index (χ4n) is 2.50. The molecule has 1 aliphatic rings. The van der Waals surface area contributed by atoms with Crippen LogP contribution in [0.1, 0.15) is 12.5 Å². The number of benzene rings is 1. The molecular formula is C13H13ClFN3O3S. The Morgan fingerprint density at radius 1 is 1.45 bits per heavy atom. The maximum atomic E-state index is 13.0. The molecule has 1 heterocycles. The second-order valence-electron chi connectivity index (χ2n) is 5.08. The number of hydrogen-bond acceptors (Lipinski definition) is 4. The SMILES string of the molecule is O=S(=O)(N[C@H]1C[C@@H](O)[C@@H]1n1cccn1)c1ccc(F)cc1Cl. The van der Waals surface area contributed by atoms with Crippen molar-refractivity contribution >= 4 is 21.6 Å². The predicted molar refractivity (Wildman–Crippen MR) is 77.4 cm³/mol. The molecule has 0 unspecified atom stereocenters. The van der Waals surface area contributed by atoms with Gasteiger partial charge in [-0.05, 0) is 30.7 Å². The molecule has 2 aromatic rings. The Labute approximate surface area is 131 Å². The number of nitrogens with one attached hydrogen (secondary N) is 1. The van der Waals surface area contributed by atoms with Gasteiger partial charge in [0.2, 0.25) is 10.0 Å². The molecule has 118 valence electrons. The summed E-state index contributed by atoms with van der Waals surface area (Å²) in [6, 6.07) is 3.77. The molecule has 1 aliphatic carbocycles. The standard InChI is InChI=1S/C13H13ClFN3O3S/c14-9-6-8(15)2-3-12(9)22(20,21)17-10-7-11(19)13(10)18-5-1-4-16-18/h1-6,10-11,13,17,19H,7H2/t10-,11+,13+/m0/s1. The summed E-state index contributed by atoms with van der Waals surface area (Å²) in [6.07, 6.45) is 2.78. The molecule has 0 radical (unpaired) electrons. The Hall–Kier alpha value is -1.48. The number of aromatic nitrogens is 2. The molecule has 22 heavy (non-hydrogen) atoms. The summed E-state index contributed by atoms with van der Waals surface area (Å²) in [5, 5.41) is 13.7. The van der Waals surface area contributed by atoms with E-state index in [-0.39, 0.29) is 16.3 Å². The van der Waals surface area contributed by atoms with Crippen molar-refractivity contribution in [1.29, 1.82) is 0 Å². The van der Waals surface area contributed by atoms with Crippen LogP contribution in [0.25, 0.3) is 0 Å². The molecule has 0 aliphatic heterocycles. The van der Waals surface area contributed by atoms with Gasteiger partial charge in [-0.1, -0.05) is 11.6 Å². The first-order chi connectivity index (χ1) is 10.4. The van der Waals surface area contributed by atoms with Crippen LogP contribution in [0.2, 0.25) is 5.02 Å². The van der Waals surface area contributed by atoms with Crippen molar-refractivity contribution in [1.82, 2.24) is 14.5 Å². The molecule has 6 nitrogen and oxygen atoms in total. The average molecular weight is 346 g/mol. The Kier molecular flexibility index (Phi) is 3.94. The van der Waals surface area contributed by atoms with E-state index in [0.717, 1.165) is 18.2 Å². The van der Waals surface area contributed by atoms with E-state index in [4.69, 9.17) is 11.6 Å². The van der Waals surface area contributed by atoms with E-state index in [1.807, 2.05) is 0 Å². The summed E-state index contributed by atoms with van der Waals surface area (Å²) >= 11 is 5.80. The Balaban J connectivity index is 1.83.